The Hall–Kier alpha value is -3.03. The van der Waals surface area contributed by atoms with Crippen LogP contribution in [0.25, 0.3) is 0 Å². The molecule has 2 aromatic rings. The maximum Gasteiger partial charge on any atom is 0.296 e. The molecule has 0 aliphatic carbocycles. The van der Waals surface area contributed by atoms with Crippen LogP contribution in [0, 0.1) is 5.82 Å². The highest BCUT2D eigenvalue weighted by Gasteiger charge is 2.37. The Kier molecular flexibility index (Phi) is 7.62. The number of rotatable bonds is 1. The van der Waals surface area contributed by atoms with Crippen LogP contribution in [-0.4, -0.2) is 65.9 Å². The molecule has 0 radical (unpaired) electrons. The summed E-state index contributed by atoms with van der Waals surface area (Å²) in [5.74, 6) is -2.21. The molecule has 36 heavy (non-hydrogen) atoms. The van der Waals surface area contributed by atoms with Gasteiger partial charge in [-0.15, -0.1) is 0 Å². The van der Waals surface area contributed by atoms with Crippen LogP contribution in [0.4, 0.5) is 4.39 Å². The molecule has 1 unspecified atom stereocenters. The minimum atomic E-state index is -3.83. The summed E-state index contributed by atoms with van der Waals surface area (Å²) < 4.78 is 53.8. The summed E-state index contributed by atoms with van der Waals surface area (Å²) in [7, 11) is -2.45. The molecule has 1 amide bonds. The van der Waals surface area contributed by atoms with Gasteiger partial charge in [0.05, 0.1) is 31.6 Å². The van der Waals surface area contributed by atoms with Gasteiger partial charge in [-0.25, -0.2) is 17.8 Å². The topological polar surface area (TPSA) is 140 Å². The predicted molar refractivity (Wildman–Crippen MR) is 127 cm³/mol. The monoisotopic (exact) mass is 524 g/mol. The standard InChI is InChI=1S/C23H29FN4O7S/c1-3-16-12-34-13-17-21-26-19(20(29)23(31)28(16)21)22(30)25-11-14-6-7-15(24)10-18(14)35-8-4-5-9-36(32,33)27(17)2/h6-7,10,16-17,29H,3-5,8-9,11-13H2,1-2H3,(H,25,30)/t16-,17?/m0/s1. The summed E-state index contributed by atoms with van der Waals surface area (Å²) in [6.07, 6.45) is 1.12. The van der Waals surface area contributed by atoms with Gasteiger partial charge in [-0.2, -0.15) is 4.31 Å². The van der Waals surface area contributed by atoms with E-state index in [0.29, 0.717) is 18.4 Å². The van der Waals surface area contributed by atoms with Crippen molar-refractivity contribution < 1.29 is 32.2 Å². The maximum absolute atomic E-state index is 13.8. The molecule has 196 valence electrons. The fourth-order valence-corrected chi connectivity index (χ4v) is 5.69. The zero-order valence-electron chi connectivity index (χ0n) is 20.1. The van der Waals surface area contributed by atoms with Crippen molar-refractivity contribution in [3.63, 3.8) is 0 Å². The number of nitrogens with zero attached hydrogens (tertiary/aromatic N) is 3. The number of sulfonamides is 1. The lowest BCUT2D eigenvalue weighted by atomic mass is 10.1. The quantitative estimate of drug-likeness (QED) is 0.572. The Balaban J connectivity index is 1.85. The van der Waals surface area contributed by atoms with E-state index in [2.05, 4.69) is 10.3 Å². The van der Waals surface area contributed by atoms with E-state index in [1.54, 1.807) is 0 Å². The number of carbonyl (C=O) groups excluding carboxylic acids is 1. The molecule has 4 rings (SSSR count). The third kappa shape index (κ3) is 5.08. The van der Waals surface area contributed by atoms with Gasteiger partial charge >= 0.3 is 0 Å². The van der Waals surface area contributed by atoms with E-state index < -0.39 is 50.8 Å². The molecular weight excluding hydrogens is 495 g/mol. The number of hydrogen-bond acceptors (Lipinski definition) is 8. The summed E-state index contributed by atoms with van der Waals surface area (Å²) in [6, 6.07) is 2.35. The lowest BCUT2D eigenvalue weighted by Gasteiger charge is -2.28. The molecule has 2 N–H and O–H groups in total. The van der Waals surface area contributed by atoms with E-state index >= 15 is 0 Å². The number of carbonyl (C=O) groups is 1. The summed E-state index contributed by atoms with van der Waals surface area (Å²) in [5.41, 5.74) is -0.923. The first-order valence-electron chi connectivity index (χ1n) is 11.7. The van der Waals surface area contributed by atoms with Crippen LogP contribution in [0.5, 0.6) is 11.5 Å². The molecule has 1 aromatic carbocycles. The highest BCUT2D eigenvalue weighted by atomic mass is 32.2. The van der Waals surface area contributed by atoms with Crippen molar-refractivity contribution >= 4 is 15.9 Å². The first-order valence-corrected chi connectivity index (χ1v) is 13.3. The second-order valence-corrected chi connectivity index (χ2v) is 10.9. The molecule has 0 spiro atoms. The normalized spacial score (nSPS) is 23.1. The zero-order chi connectivity index (χ0) is 26.0. The van der Waals surface area contributed by atoms with Crippen LogP contribution in [0.1, 0.15) is 60.1 Å². The molecular formula is C23H29FN4O7S. The second-order valence-electron chi connectivity index (χ2n) is 8.78. The van der Waals surface area contributed by atoms with Crippen LogP contribution in [0.2, 0.25) is 0 Å². The van der Waals surface area contributed by atoms with E-state index in [4.69, 9.17) is 9.47 Å². The van der Waals surface area contributed by atoms with Gasteiger partial charge in [-0.1, -0.05) is 13.0 Å². The lowest BCUT2D eigenvalue weighted by Crippen LogP contribution is -2.40. The van der Waals surface area contributed by atoms with Gasteiger partial charge in [0.25, 0.3) is 11.5 Å². The Bertz CT molecular complexity index is 1310. The lowest BCUT2D eigenvalue weighted by molar-refractivity contribution is 0.0859. The van der Waals surface area contributed by atoms with E-state index in [1.165, 1.54) is 29.8 Å². The number of aromatic hydroxyl groups is 1. The number of benzene rings is 1. The van der Waals surface area contributed by atoms with E-state index in [0.717, 1.165) is 4.31 Å². The Labute approximate surface area is 207 Å². The average Bonchev–Trinajstić information content (AvgIpc) is 3.03. The summed E-state index contributed by atoms with van der Waals surface area (Å²) in [6.45, 7) is 1.93. The van der Waals surface area contributed by atoms with Gasteiger partial charge < -0.3 is 19.9 Å². The zero-order valence-corrected chi connectivity index (χ0v) is 20.9. The minimum absolute atomic E-state index is 0.0243. The highest BCUT2D eigenvalue weighted by Crippen LogP contribution is 2.30. The Morgan fingerprint density at radius 2 is 2.03 bits per heavy atom. The number of ether oxygens (including phenoxy) is 2. The first kappa shape index (κ1) is 26.0. The van der Waals surface area contributed by atoms with Gasteiger partial charge in [-0.3, -0.25) is 14.2 Å². The smallest absolute Gasteiger partial charge is 0.296 e. The van der Waals surface area contributed by atoms with Gasteiger partial charge in [0.2, 0.25) is 15.8 Å². The molecule has 2 aliphatic rings. The third-order valence-corrected chi connectivity index (χ3v) is 8.39. The number of nitrogens with one attached hydrogen (secondary N) is 1. The molecule has 2 bridgehead atoms. The fraction of sp³-hybridized carbons (Fsp3) is 0.522. The van der Waals surface area contributed by atoms with Crippen molar-refractivity contribution in [3.05, 3.63) is 51.5 Å². The van der Waals surface area contributed by atoms with Crippen LogP contribution < -0.4 is 15.6 Å². The van der Waals surface area contributed by atoms with Crippen molar-refractivity contribution in [2.75, 3.05) is 32.6 Å². The summed E-state index contributed by atoms with van der Waals surface area (Å²) >= 11 is 0. The van der Waals surface area contributed by atoms with E-state index in [-0.39, 0.29) is 50.1 Å². The SMILES string of the molecule is CC[C@H]1COCC2c3nc(c(O)c(=O)n31)C(=O)NCc1ccc(F)cc1OCCCCS(=O)(=O)N2C. The third-order valence-electron chi connectivity index (χ3n) is 6.45. The average molecular weight is 525 g/mol. The number of likely N-dealkylation sites (N-methyl/N-ethyl adjacent to an activating group) is 1. The molecule has 2 aliphatic heterocycles. The van der Waals surface area contributed by atoms with Gasteiger partial charge in [0.1, 0.15) is 23.4 Å². The minimum Gasteiger partial charge on any atom is -0.501 e. The molecule has 3 heterocycles. The molecule has 13 heteroatoms. The van der Waals surface area contributed by atoms with Crippen molar-refractivity contribution in [1.82, 2.24) is 19.2 Å². The molecule has 0 saturated carbocycles. The van der Waals surface area contributed by atoms with Crippen LogP contribution in [0.3, 0.4) is 0 Å². The largest absolute Gasteiger partial charge is 0.501 e. The number of amides is 1. The fourth-order valence-electron chi connectivity index (χ4n) is 4.29. The predicted octanol–water partition coefficient (Wildman–Crippen LogP) is 1.47. The summed E-state index contributed by atoms with van der Waals surface area (Å²) in [5, 5.41) is 13.2. The summed E-state index contributed by atoms with van der Waals surface area (Å²) in [4.78, 5) is 30.6. The van der Waals surface area contributed by atoms with Crippen molar-refractivity contribution in [3.8, 4) is 11.5 Å². The number of halogens is 1. The first-order chi connectivity index (χ1) is 17.1. The van der Waals surface area contributed by atoms with Crippen molar-refractivity contribution in [1.29, 1.82) is 0 Å². The van der Waals surface area contributed by atoms with Gasteiger partial charge in [0.15, 0.2) is 5.69 Å². The van der Waals surface area contributed by atoms with E-state index in [1.807, 2.05) is 6.92 Å². The highest BCUT2D eigenvalue weighted by molar-refractivity contribution is 7.89. The molecule has 11 nitrogen and oxygen atoms in total. The Morgan fingerprint density at radius 1 is 1.25 bits per heavy atom. The van der Waals surface area contributed by atoms with Crippen molar-refractivity contribution in [2.45, 2.75) is 44.8 Å². The second kappa shape index (κ2) is 10.5. The van der Waals surface area contributed by atoms with E-state index in [9.17, 15) is 27.5 Å². The molecule has 1 aromatic heterocycles. The molecule has 0 fully saturated rings. The van der Waals surface area contributed by atoms with Crippen LogP contribution in [-0.2, 0) is 21.3 Å². The number of fused-ring (bicyclic) bond motifs is 2. The van der Waals surface area contributed by atoms with Crippen molar-refractivity contribution in [2.24, 2.45) is 0 Å². The van der Waals surface area contributed by atoms with Gasteiger partial charge in [0, 0.05) is 25.2 Å². The van der Waals surface area contributed by atoms with Crippen LogP contribution in [0.15, 0.2) is 23.0 Å². The van der Waals surface area contributed by atoms with Gasteiger partial charge in [-0.05, 0) is 25.3 Å². The molecule has 2 atom stereocenters. The Morgan fingerprint density at radius 3 is 2.78 bits per heavy atom. The maximum atomic E-state index is 13.8. The van der Waals surface area contributed by atoms with Crippen LogP contribution >= 0.6 is 0 Å². The molecule has 0 saturated heterocycles. The number of hydrogen-bond donors (Lipinski definition) is 2. The number of aromatic nitrogens is 2.